The van der Waals surface area contributed by atoms with Gasteiger partial charge in [0.15, 0.2) is 0 Å². The highest BCUT2D eigenvalue weighted by molar-refractivity contribution is 5.69. The van der Waals surface area contributed by atoms with Crippen LogP contribution in [-0.2, 0) is 4.79 Å². The lowest BCUT2D eigenvalue weighted by Gasteiger charge is -2.13. The number of hydrogen-bond donors (Lipinski definition) is 0. The van der Waals surface area contributed by atoms with Gasteiger partial charge in [-0.15, -0.1) is 0 Å². The predicted molar refractivity (Wildman–Crippen MR) is 76.1 cm³/mol. The van der Waals surface area contributed by atoms with Gasteiger partial charge in [-0.3, -0.25) is 4.79 Å². The van der Waals surface area contributed by atoms with Gasteiger partial charge in [-0.1, -0.05) is 12.2 Å². The van der Waals surface area contributed by atoms with Crippen molar-refractivity contribution in [3.63, 3.8) is 0 Å². The minimum absolute atomic E-state index is 0.377. The highest BCUT2D eigenvalue weighted by atomic mass is 16.5. The molecule has 1 aromatic carbocycles. The van der Waals surface area contributed by atoms with Crippen molar-refractivity contribution in [1.82, 2.24) is 0 Å². The molecule has 0 saturated carbocycles. The maximum atomic E-state index is 10.4. The number of hydrogen-bond acceptors (Lipinski definition) is 2. The molecule has 2 nitrogen and oxygen atoms in total. The molecular weight excluding hydrogens is 224 g/mol. The zero-order valence-corrected chi connectivity index (χ0v) is 11.2. The minimum Gasteiger partial charge on any atom is -0.496 e. The molecule has 0 aliphatic heterocycles. The van der Waals surface area contributed by atoms with Crippen LogP contribution in [0, 0.1) is 20.8 Å². The molecule has 18 heavy (non-hydrogen) atoms. The fraction of sp³-hybridized carbons (Fsp3) is 0.312. The fourth-order valence-electron chi connectivity index (χ4n) is 1.81. The van der Waals surface area contributed by atoms with Crippen LogP contribution in [0.2, 0.25) is 0 Å². The first-order valence-corrected chi connectivity index (χ1v) is 5.75. The molecule has 0 bridgehead atoms. The van der Waals surface area contributed by atoms with Gasteiger partial charge < -0.3 is 4.74 Å². The summed E-state index contributed by atoms with van der Waals surface area (Å²) in [6.45, 7) is 7.50. The Labute approximate surface area is 113 Å². The van der Waals surface area contributed by atoms with E-state index in [0.717, 1.165) is 34.1 Å². The predicted octanol–water partition coefficient (Wildman–Crippen LogP) is 3.78. The fourth-order valence-corrected chi connectivity index (χ4v) is 1.81. The van der Waals surface area contributed by atoms with E-state index in [1.807, 2.05) is 39.8 Å². The molecule has 0 N–H and O–H groups in total. The van der Waals surface area contributed by atoms with Gasteiger partial charge in [-0.2, -0.15) is 0 Å². The van der Waals surface area contributed by atoms with Crippen molar-refractivity contribution >= 4 is 12.4 Å². The molecule has 1 rings (SSSR count). The van der Waals surface area contributed by atoms with E-state index < -0.39 is 7.04 Å². The Balaban J connectivity index is 3.23. The molecule has 0 saturated heterocycles. The number of carbonyl (C=O) groups excluding carboxylic acids is 1. The van der Waals surface area contributed by atoms with E-state index in [9.17, 15) is 4.79 Å². The molecule has 0 radical (unpaired) electrons. The van der Waals surface area contributed by atoms with E-state index in [4.69, 9.17) is 8.85 Å². The van der Waals surface area contributed by atoms with Gasteiger partial charge in [-0.05, 0) is 67.7 Å². The van der Waals surface area contributed by atoms with Crippen LogP contribution in [-0.4, -0.2) is 13.3 Å². The molecular formula is C16H20O2. The first-order chi connectivity index (χ1) is 9.65. The number of allylic oxidation sites excluding steroid dienone is 3. The number of aryl methyl sites for hydroxylation is 1. The van der Waals surface area contributed by atoms with Crippen molar-refractivity contribution in [2.24, 2.45) is 0 Å². The Morgan fingerprint density at radius 1 is 1.33 bits per heavy atom. The van der Waals surface area contributed by atoms with Gasteiger partial charge in [0.25, 0.3) is 0 Å². The van der Waals surface area contributed by atoms with E-state index in [2.05, 4.69) is 0 Å². The SMILES string of the molecule is [2H]C([2H])([2H])Oc1cc(C)c(C=CC(C)=CC=O)c(C)c1C. The van der Waals surface area contributed by atoms with E-state index in [1.54, 1.807) is 6.07 Å². The molecule has 0 spiro atoms. The molecule has 0 aromatic heterocycles. The maximum Gasteiger partial charge on any atom is 0.143 e. The van der Waals surface area contributed by atoms with Gasteiger partial charge in [0.1, 0.15) is 12.0 Å². The Bertz CT molecular complexity index is 597. The second-order valence-corrected chi connectivity index (χ2v) is 4.34. The summed E-state index contributed by atoms with van der Waals surface area (Å²) in [5.74, 6) is 0.377. The Hall–Kier alpha value is -1.83. The molecule has 2 heteroatoms. The van der Waals surface area contributed by atoms with Crippen LogP contribution in [0.1, 0.15) is 33.3 Å². The summed E-state index contributed by atoms with van der Waals surface area (Å²) in [6, 6.07) is 1.73. The Morgan fingerprint density at radius 3 is 2.67 bits per heavy atom. The number of rotatable bonds is 4. The third kappa shape index (κ3) is 3.10. The number of methoxy groups -OCH3 is 1. The topological polar surface area (TPSA) is 26.3 Å². The van der Waals surface area contributed by atoms with Crippen molar-refractivity contribution in [3.05, 3.63) is 46.0 Å². The molecule has 0 heterocycles. The second-order valence-electron chi connectivity index (χ2n) is 4.34. The van der Waals surface area contributed by atoms with Crippen LogP contribution in [0.5, 0.6) is 5.75 Å². The lowest BCUT2D eigenvalue weighted by Crippen LogP contribution is -1.95. The number of aldehydes is 1. The highest BCUT2D eigenvalue weighted by Crippen LogP contribution is 2.28. The van der Waals surface area contributed by atoms with Crippen LogP contribution >= 0.6 is 0 Å². The van der Waals surface area contributed by atoms with Crippen LogP contribution < -0.4 is 4.74 Å². The highest BCUT2D eigenvalue weighted by Gasteiger charge is 2.08. The van der Waals surface area contributed by atoms with E-state index in [0.29, 0.717) is 5.75 Å². The lowest BCUT2D eigenvalue weighted by molar-refractivity contribution is -0.104. The van der Waals surface area contributed by atoms with Crippen molar-refractivity contribution in [2.75, 3.05) is 7.04 Å². The van der Waals surface area contributed by atoms with Crippen molar-refractivity contribution in [2.45, 2.75) is 27.7 Å². The van der Waals surface area contributed by atoms with Gasteiger partial charge in [0.05, 0.1) is 11.2 Å². The van der Waals surface area contributed by atoms with Crippen molar-refractivity contribution in [3.8, 4) is 5.75 Å². The summed E-state index contributed by atoms with van der Waals surface area (Å²) in [7, 11) is -2.45. The average Bonchev–Trinajstić information content (AvgIpc) is 2.34. The standard InChI is InChI=1S/C16H20O2/c1-11(8-9-17)6-7-15-12(2)10-16(18-5)14(4)13(15)3/h6-10H,1-5H3/i5D3. The molecule has 0 atom stereocenters. The van der Waals surface area contributed by atoms with Gasteiger partial charge in [0.2, 0.25) is 0 Å². The normalized spacial score (nSPS) is 15.1. The summed E-state index contributed by atoms with van der Waals surface area (Å²) >= 11 is 0. The van der Waals surface area contributed by atoms with Crippen molar-refractivity contribution in [1.29, 1.82) is 0 Å². The van der Waals surface area contributed by atoms with Crippen LogP contribution in [0.15, 0.2) is 23.8 Å². The summed E-state index contributed by atoms with van der Waals surface area (Å²) in [5.41, 5.74) is 4.54. The van der Waals surface area contributed by atoms with Gasteiger partial charge in [0, 0.05) is 0 Å². The number of carbonyl (C=O) groups is 1. The van der Waals surface area contributed by atoms with Gasteiger partial charge in [-0.25, -0.2) is 0 Å². The molecule has 96 valence electrons. The third-order valence-corrected chi connectivity index (χ3v) is 3.06. The number of benzene rings is 1. The second kappa shape index (κ2) is 6.20. The first-order valence-electron chi connectivity index (χ1n) is 7.25. The van der Waals surface area contributed by atoms with E-state index in [1.165, 1.54) is 6.08 Å². The monoisotopic (exact) mass is 247 g/mol. The van der Waals surface area contributed by atoms with Crippen molar-refractivity contribution < 1.29 is 13.6 Å². The zero-order valence-electron chi connectivity index (χ0n) is 14.2. The Morgan fingerprint density at radius 2 is 2.06 bits per heavy atom. The maximum absolute atomic E-state index is 10.4. The summed E-state index contributed by atoms with van der Waals surface area (Å²) in [4.78, 5) is 10.4. The van der Waals surface area contributed by atoms with Crippen LogP contribution in [0.25, 0.3) is 6.08 Å². The third-order valence-electron chi connectivity index (χ3n) is 3.06. The van der Waals surface area contributed by atoms with E-state index in [-0.39, 0.29) is 0 Å². The largest absolute Gasteiger partial charge is 0.496 e. The summed E-state index contributed by atoms with van der Waals surface area (Å²) in [6.07, 6.45) is 6.01. The minimum atomic E-state index is -2.45. The van der Waals surface area contributed by atoms with E-state index >= 15 is 0 Å². The summed E-state index contributed by atoms with van der Waals surface area (Å²) in [5, 5.41) is 0. The number of ether oxygens (including phenoxy) is 1. The molecule has 1 aromatic rings. The Kier molecular flexibility index (Phi) is 3.49. The zero-order chi connectivity index (χ0) is 16.2. The summed E-state index contributed by atoms with van der Waals surface area (Å²) < 4.78 is 26.6. The average molecular weight is 247 g/mol. The molecule has 0 aliphatic rings. The smallest absolute Gasteiger partial charge is 0.143 e. The molecule has 0 fully saturated rings. The van der Waals surface area contributed by atoms with Crippen LogP contribution in [0.4, 0.5) is 0 Å². The molecule has 0 unspecified atom stereocenters. The van der Waals surface area contributed by atoms with Gasteiger partial charge >= 0.3 is 0 Å². The lowest BCUT2D eigenvalue weighted by atomic mass is 9.96. The quantitative estimate of drug-likeness (QED) is 0.460. The van der Waals surface area contributed by atoms with Crippen LogP contribution in [0.3, 0.4) is 0 Å². The molecule has 0 amide bonds. The first kappa shape index (κ1) is 10.1. The molecule has 0 aliphatic carbocycles.